The van der Waals surface area contributed by atoms with E-state index in [1.54, 1.807) is 0 Å². The van der Waals surface area contributed by atoms with Gasteiger partial charge in [-0.3, -0.25) is 0 Å². The molecule has 4 nitrogen and oxygen atoms in total. The maximum absolute atomic E-state index is 6.08. The van der Waals surface area contributed by atoms with Crippen LogP contribution in [0.25, 0.3) is 0 Å². The highest BCUT2D eigenvalue weighted by molar-refractivity contribution is 5.45. The highest BCUT2D eigenvalue weighted by atomic mass is 16.5. The molecule has 1 aromatic carbocycles. The van der Waals surface area contributed by atoms with E-state index in [-0.39, 0.29) is 5.92 Å². The number of anilines is 1. The Bertz CT molecular complexity index is 616. The molecular weight excluding hydrogens is 250 g/mol. The van der Waals surface area contributed by atoms with Gasteiger partial charge in [0.15, 0.2) is 0 Å². The van der Waals surface area contributed by atoms with Crippen molar-refractivity contribution in [2.24, 2.45) is 0 Å². The van der Waals surface area contributed by atoms with Crippen molar-refractivity contribution in [1.82, 2.24) is 9.97 Å². The van der Waals surface area contributed by atoms with E-state index in [4.69, 9.17) is 10.5 Å². The minimum absolute atomic E-state index is 0.173. The van der Waals surface area contributed by atoms with E-state index in [1.165, 1.54) is 0 Å². The first kappa shape index (κ1) is 12.9. The fourth-order valence-corrected chi connectivity index (χ4v) is 2.84. The molecule has 0 aliphatic carbocycles. The Labute approximate surface area is 119 Å². The van der Waals surface area contributed by atoms with Gasteiger partial charge in [0, 0.05) is 16.8 Å². The van der Waals surface area contributed by atoms with Crippen LogP contribution in [0, 0.1) is 6.92 Å². The van der Waals surface area contributed by atoms with E-state index in [2.05, 4.69) is 23.0 Å². The first-order valence-corrected chi connectivity index (χ1v) is 7.05. The van der Waals surface area contributed by atoms with E-state index >= 15 is 0 Å². The van der Waals surface area contributed by atoms with Crippen molar-refractivity contribution >= 4 is 5.82 Å². The molecule has 0 saturated heterocycles. The average Bonchev–Trinajstić information content (AvgIpc) is 2.46. The molecular formula is C16H19N3O. The van der Waals surface area contributed by atoms with Gasteiger partial charge in [-0.1, -0.05) is 25.1 Å². The topological polar surface area (TPSA) is 61.0 Å². The maximum atomic E-state index is 6.08. The lowest BCUT2D eigenvalue weighted by Gasteiger charge is -2.25. The molecule has 20 heavy (non-hydrogen) atoms. The third-order valence-corrected chi connectivity index (χ3v) is 3.89. The third-order valence-electron chi connectivity index (χ3n) is 3.89. The summed E-state index contributed by atoms with van der Waals surface area (Å²) in [5, 5.41) is 0. The van der Waals surface area contributed by atoms with Crippen LogP contribution in [0.3, 0.4) is 0 Å². The smallest absolute Gasteiger partial charge is 0.138 e. The Morgan fingerprint density at radius 3 is 2.85 bits per heavy atom. The van der Waals surface area contributed by atoms with E-state index in [0.29, 0.717) is 12.4 Å². The summed E-state index contributed by atoms with van der Waals surface area (Å²) in [7, 11) is 0. The Morgan fingerprint density at radius 2 is 2.10 bits per heavy atom. The number of nitrogens with zero attached hydrogens (tertiary/aromatic N) is 2. The van der Waals surface area contributed by atoms with Crippen molar-refractivity contribution in [2.75, 3.05) is 12.3 Å². The first-order valence-electron chi connectivity index (χ1n) is 7.05. The number of nitrogen functional groups attached to an aromatic ring is 1. The minimum atomic E-state index is 0.173. The number of ether oxygens (including phenoxy) is 1. The van der Waals surface area contributed by atoms with Gasteiger partial charge >= 0.3 is 0 Å². The average molecular weight is 269 g/mol. The van der Waals surface area contributed by atoms with Gasteiger partial charge < -0.3 is 10.5 Å². The highest BCUT2D eigenvalue weighted by Crippen LogP contribution is 2.37. The van der Waals surface area contributed by atoms with Crippen LogP contribution in [0.15, 0.2) is 24.3 Å². The van der Waals surface area contributed by atoms with E-state index in [0.717, 1.165) is 41.2 Å². The van der Waals surface area contributed by atoms with Crippen LogP contribution in [0.5, 0.6) is 5.75 Å². The summed E-state index contributed by atoms with van der Waals surface area (Å²) in [5.41, 5.74) is 9.27. The molecule has 0 spiro atoms. The number of rotatable bonds is 2. The normalized spacial score (nSPS) is 17.4. The quantitative estimate of drug-likeness (QED) is 0.910. The van der Waals surface area contributed by atoms with E-state index in [9.17, 15) is 0 Å². The molecule has 3 rings (SSSR count). The molecule has 2 aromatic rings. The number of hydrogen-bond donors (Lipinski definition) is 1. The lowest BCUT2D eigenvalue weighted by Crippen LogP contribution is -2.18. The molecule has 1 aliphatic rings. The lowest BCUT2D eigenvalue weighted by atomic mass is 9.92. The summed E-state index contributed by atoms with van der Waals surface area (Å²) in [6.07, 6.45) is 1.75. The number of para-hydroxylation sites is 1. The summed E-state index contributed by atoms with van der Waals surface area (Å²) >= 11 is 0. The standard InChI is InChI=1S/C16H19N3O/c1-3-11-10(2)18-16(19-15(11)17)13-8-9-20-14-7-5-4-6-12(13)14/h4-7,13H,3,8-9H2,1-2H3,(H2,17,18,19). The Morgan fingerprint density at radius 1 is 1.30 bits per heavy atom. The Balaban J connectivity index is 2.07. The van der Waals surface area contributed by atoms with Crippen molar-refractivity contribution in [3.63, 3.8) is 0 Å². The zero-order valence-corrected chi connectivity index (χ0v) is 11.9. The number of nitrogens with two attached hydrogens (primary N) is 1. The Kier molecular flexibility index (Phi) is 3.30. The SMILES string of the molecule is CCc1c(C)nc(C2CCOc3ccccc32)nc1N. The zero-order chi connectivity index (χ0) is 14.1. The second kappa shape index (κ2) is 5.12. The predicted molar refractivity (Wildman–Crippen MR) is 79.0 cm³/mol. The largest absolute Gasteiger partial charge is 0.493 e. The molecule has 1 aliphatic heterocycles. The minimum Gasteiger partial charge on any atom is -0.493 e. The second-order valence-electron chi connectivity index (χ2n) is 5.11. The van der Waals surface area contributed by atoms with Gasteiger partial charge in [-0.2, -0.15) is 0 Å². The number of benzene rings is 1. The molecule has 0 bridgehead atoms. The van der Waals surface area contributed by atoms with Gasteiger partial charge in [-0.25, -0.2) is 9.97 Å². The van der Waals surface area contributed by atoms with Gasteiger partial charge in [0.05, 0.1) is 12.5 Å². The molecule has 0 radical (unpaired) electrons. The van der Waals surface area contributed by atoms with Gasteiger partial charge in [0.2, 0.25) is 0 Å². The van der Waals surface area contributed by atoms with Crippen LogP contribution in [-0.4, -0.2) is 16.6 Å². The van der Waals surface area contributed by atoms with Crippen LogP contribution in [-0.2, 0) is 6.42 Å². The summed E-state index contributed by atoms with van der Waals surface area (Å²) in [5.74, 6) is 2.53. The van der Waals surface area contributed by atoms with E-state index in [1.807, 2.05) is 25.1 Å². The zero-order valence-electron chi connectivity index (χ0n) is 11.9. The van der Waals surface area contributed by atoms with Gasteiger partial charge in [0.1, 0.15) is 17.4 Å². The summed E-state index contributed by atoms with van der Waals surface area (Å²) < 4.78 is 5.69. The third kappa shape index (κ3) is 2.11. The van der Waals surface area contributed by atoms with Crippen molar-refractivity contribution < 1.29 is 4.74 Å². The van der Waals surface area contributed by atoms with Crippen molar-refractivity contribution in [1.29, 1.82) is 0 Å². The molecule has 2 N–H and O–H groups in total. The number of hydrogen-bond acceptors (Lipinski definition) is 4. The van der Waals surface area contributed by atoms with Crippen LogP contribution in [0.4, 0.5) is 5.82 Å². The Hall–Kier alpha value is -2.10. The molecule has 104 valence electrons. The summed E-state index contributed by atoms with van der Waals surface area (Å²) in [6.45, 7) is 4.77. The molecule has 1 unspecified atom stereocenters. The van der Waals surface area contributed by atoms with Crippen molar-refractivity contribution in [3.05, 3.63) is 46.9 Å². The number of aryl methyl sites for hydroxylation is 1. The highest BCUT2D eigenvalue weighted by Gasteiger charge is 2.25. The number of fused-ring (bicyclic) bond motifs is 1. The fraction of sp³-hybridized carbons (Fsp3) is 0.375. The van der Waals surface area contributed by atoms with Crippen molar-refractivity contribution in [2.45, 2.75) is 32.6 Å². The van der Waals surface area contributed by atoms with Crippen LogP contribution in [0.2, 0.25) is 0 Å². The predicted octanol–water partition coefficient (Wildman–Crippen LogP) is 2.84. The number of aromatic nitrogens is 2. The van der Waals surface area contributed by atoms with Gasteiger partial charge in [0.25, 0.3) is 0 Å². The molecule has 1 atom stereocenters. The van der Waals surface area contributed by atoms with Crippen LogP contribution in [0.1, 0.15) is 41.9 Å². The molecule has 2 heterocycles. The second-order valence-corrected chi connectivity index (χ2v) is 5.11. The van der Waals surface area contributed by atoms with Crippen LogP contribution < -0.4 is 10.5 Å². The molecule has 0 saturated carbocycles. The summed E-state index contributed by atoms with van der Waals surface area (Å²) in [4.78, 5) is 9.22. The van der Waals surface area contributed by atoms with Crippen molar-refractivity contribution in [3.8, 4) is 5.75 Å². The monoisotopic (exact) mass is 269 g/mol. The van der Waals surface area contributed by atoms with Crippen LogP contribution >= 0.6 is 0 Å². The molecule has 0 amide bonds. The lowest BCUT2D eigenvalue weighted by molar-refractivity contribution is 0.274. The fourth-order valence-electron chi connectivity index (χ4n) is 2.84. The molecule has 0 fully saturated rings. The summed E-state index contributed by atoms with van der Waals surface area (Å²) in [6, 6.07) is 8.10. The van der Waals surface area contributed by atoms with Gasteiger partial charge in [-0.15, -0.1) is 0 Å². The molecule has 4 heteroatoms. The molecule has 1 aromatic heterocycles. The maximum Gasteiger partial charge on any atom is 0.138 e. The van der Waals surface area contributed by atoms with Gasteiger partial charge in [-0.05, 0) is 25.8 Å². The van der Waals surface area contributed by atoms with E-state index < -0.39 is 0 Å². The first-order chi connectivity index (χ1) is 9.70.